The molecule has 0 spiro atoms. The van der Waals surface area contributed by atoms with Gasteiger partial charge in [-0.3, -0.25) is 10.00 Å². The van der Waals surface area contributed by atoms with E-state index in [1.54, 1.807) is 18.2 Å². The predicted molar refractivity (Wildman–Crippen MR) is 92.8 cm³/mol. The van der Waals surface area contributed by atoms with E-state index in [4.69, 9.17) is 35.4 Å². The third-order valence-corrected chi connectivity index (χ3v) is 4.96. The van der Waals surface area contributed by atoms with E-state index in [-0.39, 0.29) is 0 Å². The summed E-state index contributed by atoms with van der Waals surface area (Å²) in [7, 11) is 0. The van der Waals surface area contributed by atoms with Gasteiger partial charge in [0.25, 0.3) is 0 Å². The van der Waals surface area contributed by atoms with Crippen LogP contribution in [-0.4, -0.2) is 32.8 Å². The standard InChI is InChI=1S/C15H18Cl2N4S/c1-10-4-6-20(7-5-10)9-21-15(22)18-14(19-21)12-8-11(16)2-3-13(12)17/h2-3,8,10H,4-7,9H2,1H3,(H,18,19,22). The molecule has 1 aromatic heterocycles. The third-order valence-electron chi connectivity index (χ3n) is 4.08. The van der Waals surface area contributed by atoms with Crippen LogP contribution in [0.3, 0.4) is 0 Å². The third kappa shape index (κ3) is 3.54. The van der Waals surface area contributed by atoms with Crippen LogP contribution in [0.15, 0.2) is 18.2 Å². The second kappa shape index (κ2) is 6.71. The smallest absolute Gasteiger partial charge is 0.217 e. The summed E-state index contributed by atoms with van der Waals surface area (Å²) >= 11 is 17.6. The predicted octanol–water partition coefficient (Wildman–Crippen LogP) is 4.60. The molecule has 118 valence electrons. The Balaban J connectivity index is 1.82. The van der Waals surface area contributed by atoms with Crippen LogP contribution in [0.5, 0.6) is 0 Å². The minimum atomic E-state index is 0.532. The average molecular weight is 357 g/mol. The van der Waals surface area contributed by atoms with Crippen LogP contribution in [0, 0.1) is 10.7 Å². The van der Waals surface area contributed by atoms with Gasteiger partial charge in [-0.25, -0.2) is 4.68 Å². The molecule has 1 aliphatic rings. The zero-order valence-electron chi connectivity index (χ0n) is 12.4. The molecule has 0 bridgehead atoms. The molecule has 0 aliphatic carbocycles. The number of H-pyrrole nitrogens is 1. The summed E-state index contributed by atoms with van der Waals surface area (Å²) < 4.78 is 2.42. The highest BCUT2D eigenvalue weighted by atomic mass is 35.5. The highest BCUT2D eigenvalue weighted by Gasteiger charge is 2.17. The van der Waals surface area contributed by atoms with Crippen molar-refractivity contribution >= 4 is 35.4 Å². The summed E-state index contributed by atoms with van der Waals surface area (Å²) in [6.45, 7) is 5.22. The van der Waals surface area contributed by atoms with Gasteiger partial charge in [0.15, 0.2) is 5.82 Å². The quantitative estimate of drug-likeness (QED) is 0.816. The summed E-state index contributed by atoms with van der Waals surface area (Å²) in [6, 6.07) is 5.32. The number of hydrogen-bond donors (Lipinski definition) is 1. The molecule has 0 amide bonds. The maximum absolute atomic E-state index is 6.23. The minimum Gasteiger partial charge on any atom is -0.284 e. The van der Waals surface area contributed by atoms with E-state index in [1.807, 2.05) is 4.68 Å². The molecule has 22 heavy (non-hydrogen) atoms. The first-order valence-electron chi connectivity index (χ1n) is 7.37. The molecule has 0 atom stereocenters. The molecule has 3 rings (SSSR count). The van der Waals surface area contributed by atoms with E-state index in [9.17, 15) is 0 Å². The largest absolute Gasteiger partial charge is 0.284 e. The van der Waals surface area contributed by atoms with Crippen molar-refractivity contribution in [2.45, 2.75) is 26.4 Å². The van der Waals surface area contributed by atoms with E-state index < -0.39 is 0 Å². The van der Waals surface area contributed by atoms with Crippen molar-refractivity contribution in [1.29, 1.82) is 0 Å². The highest BCUT2D eigenvalue weighted by molar-refractivity contribution is 7.71. The zero-order valence-corrected chi connectivity index (χ0v) is 14.7. The molecule has 2 heterocycles. The molecule has 1 fully saturated rings. The van der Waals surface area contributed by atoms with E-state index in [0.29, 0.717) is 20.6 Å². The van der Waals surface area contributed by atoms with Crippen molar-refractivity contribution in [2.75, 3.05) is 13.1 Å². The van der Waals surface area contributed by atoms with Gasteiger partial charge in [-0.1, -0.05) is 30.1 Å². The van der Waals surface area contributed by atoms with Gasteiger partial charge in [-0.15, -0.1) is 0 Å². The number of benzene rings is 1. The maximum Gasteiger partial charge on any atom is 0.217 e. The Morgan fingerprint density at radius 1 is 1.32 bits per heavy atom. The lowest BCUT2D eigenvalue weighted by atomic mass is 10.00. The number of aromatic nitrogens is 3. The second-order valence-electron chi connectivity index (χ2n) is 5.85. The van der Waals surface area contributed by atoms with Gasteiger partial charge >= 0.3 is 0 Å². The Kier molecular flexibility index (Phi) is 4.88. The zero-order chi connectivity index (χ0) is 15.7. The van der Waals surface area contributed by atoms with Gasteiger partial charge in [0.2, 0.25) is 4.77 Å². The van der Waals surface area contributed by atoms with Gasteiger partial charge in [-0.05, 0) is 49.2 Å². The van der Waals surface area contributed by atoms with Crippen molar-refractivity contribution in [3.05, 3.63) is 33.0 Å². The SMILES string of the molecule is CC1CCN(Cn2[nH]c(-c3cc(Cl)ccc3Cl)nc2=S)CC1. The van der Waals surface area contributed by atoms with Gasteiger partial charge in [-0.2, -0.15) is 4.98 Å². The Bertz CT molecular complexity index is 717. The molecule has 0 saturated carbocycles. The molecule has 1 aromatic carbocycles. The topological polar surface area (TPSA) is 36.9 Å². The molecule has 4 nitrogen and oxygen atoms in total. The number of likely N-dealkylation sites (tertiary alicyclic amines) is 1. The monoisotopic (exact) mass is 356 g/mol. The first-order valence-corrected chi connectivity index (χ1v) is 8.54. The van der Waals surface area contributed by atoms with Gasteiger partial charge in [0, 0.05) is 23.7 Å². The van der Waals surface area contributed by atoms with Crippen molar-refractivity contribution < 1.29 is 0 Å². The lowest BCUT2D eigenvalue weighted by Crippen LogP contribution is -2.34. The second-order valence-corrected chi connectivity index (χ2v) is 7.06. The van der Waals surface area contributed by atoms with Gasteiger partial charge in [0.1, 0.15) is 0 Å². The molecule has 1 aliphatic heterocycles. The molecule has 7 heteroatoms. The fraction of sp³-hybridized carbons (Fsp3) is 0.467. The molecule has 1 N–H and O–H groups in total. The minimum absolute atomic E-state index is 0.532. The van der Waals surface area contributed by atoms with Crippen LogP contribution >= 0.6 is 35.4 Å². The molecular formula is C15H18Cl2N4S. The summed E-state index contributed by atoms with van der Waals surface area (Å²) in [6.07, 6.45) is 2.46. The Labute approximate surface area is 145 Å². The fourth-order valence-corrected chi connectivity index (χ4v) is 3.23. The Morgan fingerprint density at radius 3 is 2.77 bits per heavy atom. The van der Waals surface area contributed by atoms with Crippen LogP contribution < -0.4 is 0 Å². The van der Waals surface area contributed by atoms with Crippen molar-refractivity contribution in [3.63, 3.8) is 0 Å². The number of nitrogens with zero attached hydrogens (tertiary/aromatic N) is 3. The first-order chi connectivity index (χ1) is 10.5. The number of piperidine rings is 1. The lowest BCUT2D eigenvalue weighted by molar-refractivity contribution is 0.146. The van der Waals surface area contributed by atoms with E-state index >= 15 is 0 Å². The molecule has 0 radical (unpaired) electrons. The molecular weight excluding hydrogens is 339 g/mol. The van der Waals surface area contributed by atoms with Crippen molar-refractivity contribution in [3.8, 4) is 11.4 Å². The number of nitrogens with one attached hydrogen (secondary N) is 1. The van der Waals surface area contributed by atoms with Crippen LogP contribution in [-0.2, 0) is 6.67 Å². The van der Waals surface area contributed by atoms with Crippen molar-refractivity contribution in [2.24, 2.45) is 5.92 Å². The van der Waals surface area contributed by atoms with E-state index in [2.05, 4.69) is 21.9 Å². The normalized spacial score (nSPS) is 17.0. The van der Waals surface area contributed by atoms with E-state index in [1.165, 1.54) is 12.8 Å². The first kappa shape index (κ1) is 16.0. The van der Waals surface area contributed by atoms with Gasteiger partial charge in [0.05, 0.1) is 11.7 Å². The van der Waals surface area contributed by atoms with E-state index in [0.717, 1.165) is 31.2 Å². The number of aromatic amines is 1. The van der Waals surface area contributed by atoms with Crippen LogP contribution in [0.4, 0.5) is 0 Å². The Hall–Kier alpha value is -0.880. The maximum atomic E-state index is 6.23. The number of hydrogen-bond acceptors (Lipinski definition) is 3. The summed E-state index contributed by atoms with van der Waals surface area (Å²) in [5, 5.41) is 4.47. The molecule has 2 aromatic rings. The lowest BCUT2D eigenvalue weighted by Gasteiger charge is -2.29. The number of rotatable bonds is 3. The number of halogens is 2. The highest BCUT2D eigenvalue weighted by Crippen LogP contribution is 2.28. The fourth-order valence-electron chi connectivity index (χ4n) is 2.66. The van der Waals surface area contributed by atoms with Crippen LogP contribution in [0.2, 0.25) is 10.0 Å². The average Bonchev–Trinajstić information content (AvgIpc) is 2.85. The van der Waals surface area contributed by atoms with Crippen LogP contribution in [0.25, 0.3) is 11.4 Å². The van der Waals surface area contributed by atoms with Crippen LogP contribution in [0.1, 0.15) is 19.8 Å². The Morgan fingerprint density at radius 2 is 2.05 bits per heavy atom. The summed E-state index contributed by atoms with van der Waals surface area (Å²) in [5.41, 5.74) is 0.770. The summed E-state index contributed by atoms with van der Waals surface area (Å²) in [4.78, 5) is 6.80. The molecule has 0 unspecified atom stereocenters. The molecule has 1 saturated heterocycles. The summed E-state index contributed by atoms with van der Waals surface area (Å²) in [5.74, 6) is 1.47. The van der Waals surface area contributed by atoms with Gasteiger partial charge < -0.3 is 0 Å². The van der Waals surface area contributed by atoms with Crippen molar-refractivity contribution in [1.82, 2.24) is 19.7 Å².